The lowest BCUT2D eigenvalue weighted by atomic mass is 9.92. The number of fused-ring (bicyclic) bond motifs is 1. The third kappa shape index (κ3) is 2.34. The number of hydrogen-bond donors (Lipinski definition) is 2. The monoisotopic (exact) mass is 236 g/mol. The molecular weight excluding hydrogens is 216 g/mol. The minimum atomic E-state index is -0.406. The van der Waals surface area contributed by atoms with Gasteiger partial charge in [-0.3, -0.25) is 9.48 Å². The molecule has 2 rings (SSSR count). The van der Waals surface area contributed by atoms with E-state index in [-0.39, 0.29) is 11.9 Å². The Morgan fingerprint density at radius 1 is 1.76 bits per heavy atom. The Morgan fingerprint density at radius 2 is 2.53 bits per heavy atom. The quantitative estimate of drug-likeness (QED) is 0.809. The second-order valence-electron chi connectivity index (χ2n) is 4.64. The van der Waals surface area contributed by atoms with E-state index >= 15 is 0 Å². The number of aromatic nitrogens is 2. The molecule has 0 aliphatic heterocycles. The summed E-state index contributed by atoms with van der Waals surface area (Å²) >= 11 is 0. The number of nitrogens with zero attached hydrogens (tertiary/aromatic N) is 2. The number of amides is 1. The molecule has 94 valence electrons. The average molecular weight is 236 g/mol. The highest BCUT2D eigenvalue weighted by Gasteiger charge is 2.25. The van der Waals surface area contributed by atoms with Crippen LogP contribution in [0.4, 0.5) is 0 Å². The first kappa shape index (κ1) is 12.1. The topological polar surface area (TPSA) is 72.9 Å². The first-order valence-corrected chi connectivity index (χ1v) is 6.20. The van der Waals surface area contributed by atoms with E-state index in [4.69, 9.17) is 5.73 Å². The van der Waals surface area contributed by atoms with Crippen molar-refractivity contribution in [2.75, 3.05) is 0 Å². The van der Waals surface area contributed by atoms with Gasteiger partial charge in [-0.05, 0) is 25.7 Å². The van der Waals surface area contributed by atoms with Gasteiger partial charge in [0.25, 0.3) is 0 Å². The standard InChI is InChI=1S/C12H20N4O/c1-3-9(13)12(17)15-10-5-4-6-11-8(10)7-14-16(11)2/h7,9-10H,3-6,13H2,1-2H3,(H,15,17)/t9-,10?/m1/s1. The molecule has 0 spiro atoms. The van der Waals surface area contributed by atoms with Gasteiger partial charge in [0.2, 0.25) is 5.91 Å². The number of rotatable bonds is 3. The van der Waals surface area contributed by atoms with E-state index < -0.39 is 6.04 Å². The van der Waals surface area contributed by atoms with Crippen molar-refractivity contribution in [2.45, 2.75) is 44.7 Å². The first-order valence-electron chi connectivity index (χ1n) is 6.20. The summed E-state index contributed by atoms with van der Waals surface area (Å²) in [6.45, 7) is 1.92. The van der Waals surface area contributed by atoms with Crippen LogP contribution in [0, 0.1) is 0 Å². The third-order valence-corrected chi connectivity index (χ3v) is 3.47. The van der Waals surface area contributed by atoms with Crippen molar-refractivity contribution in [3.05, 3.63) is 17.5 Å². The lowest BCUT2D eigenvalue weighted by Gasteiger charge is -2.25. The van der Waals surface area contributed by atoms with Gasteiger partial charge in [0.05, 0.1) is 18.3 Å². The van der Waals surface area contributed by atoms with Crippen LogP contribution in [0.25, 0.3) is 0 Å². The molecule has 1 aromatic heterocycles. The van der Waals surface area contributed by atoms with Crippen LogP contribution in [0.1, 0.15) is 43.5 Å². The lowest BCUT2D eigenvalue weighted by Crippen LogP contribution is -2.42. The predicted molar refractivity (Wildman–Crippen MR) is 65.3 cm³/mol. The number of carbonyl (C=O) groups is 1. The second-order valence-corrected chi connectivity index (χ2v) is 4.64. The van der Waals surface area contributed by atoms with Gasteiger partial charge in [-0.15, -0.1) is 0 Å². The van der Waals surface area contributed by atoms with E-state index in [1.54, 1.807) is 0 Å². The highest BCUT2D eigenvalue weighted by atomic mass is 16.2. The molecular formula is C12H20N4O. The maximum absolute atomic E-state index is 11.8. The van der Waals surface area contributed by atoms with Gasteiger partial charge in [-0.1, -0.05) is 6.92 Å². The number of nitrogens with two attached hydrogens (primary N) is 1. The fourth-order valence-electron chi connectivity index (χ4n) is 2.32. The van der Waals surface area contributed by atoms with Crippen LogP contribution in [-0.4, -0.2) is 21.7 Å². The van der Waals surface area contributed by atoms with E-state index in [1.807, 2.05) is 24.9 Å². The zero-order valence-corrected chi connectivity index (χ0v) is 10.4. The van der Waals surface area contributed by atoms with Gasteiger partial charge in [-0.25, -0.2) is 0 Å². The van der Waals surface area contributed by atoms with Crippen LogP contribution >= 0.6 is 0 Å². The van der Waals surface area contributed by atoms with E-state index in [0.29, 0.717) is 6.42 Å². The number of aryl methyl sites for hydroxylation is 1. The normalized spacial score (nSPS) is 20.8. The molecule has 0 saturated carbocycles. The van der Waals surface area contributed by atoms with E-state index in [9.17, 15) is 4.79 Å². The Balaban J connectivity index is 2.11. The van der Waals surface area contributed by atoms with E-state index in [1.165, 1.54) is 5.69 Å². The molecule has 1 aliphatic carbocycles. The van der Waals surface area contributed by atoms with Gasteiger partial charge in [0.1, 0.15) is 0 Å². The molecule has 0 aromatic carbocycles. The molecule has 5 nitrogen and oxygen atoms in total. The molecule has 17 heavy (non-hydrogen) atoms. The smallest absolute Gasteiger partial charge is 0.237 e. The van der Waals surface area contributed by atoms with Crippen LogP contribution in [0.5, 0.6) is 0 Å². The second kappa shape index (κ2) is 4.87. The zero-order valence-electron chi connectivity index (χ0n) is 10.4. The van der Waals surface area contributed by atoms with Crippen LogP contribution < -0.4 is 11.1 Å². The summed E-state index contributed by atoms with van der Waals surface area (Å²) in [7, 11) is 1.95. The molecule has 1 amide bonds. The SMILES string of the molecule is CC[C@@H](N)C(=O)NC1CCCc2c1cnn2C. The van der Waals surface area contributed by atoms with E-state index in [0.717, 1.165) is 24.8 Å². The van der Waals surface area contributed by atoms with Crippen LogP contribution in [0.15, 0.2) is 6.20 Å². The lowest BCUT2D eigenvalue weighted by molar-refractivity contribution is -0.123. The Bertz CT molecular complexity index is 413. The molecule has 1 heterocycles. The molecule has 5 heteroatoms. The highest BCUT2D eigenvalue weighted by Crippen LogP contribution is 2.29. The molecule has 0 saturated heterocycles. The van der Waals surface area contributed by atoms with Crippen LogP contribution in [-0.2, 0) is 18.3 Å². The minimum Gasteiger partial charge on any atom is -0.348 e. The minimum absolute atomic E-state index is 0.0609. The van der Waals surface area contributed by atoms with Crippen molar-refractivity contribution in [3.8, 4) is 0 Å². The van der Waals surface area contributed by atoms with Crippen molar-refractivity contribution in [1.29, 1.82) is 0 Å². The fourth-order valence-corrected chi connectivity index (χ4v) is 2.32. The molecule has 0 radical (unpaired) electrons. The molecule has 1 unspecified atom stereocenters. The van der Waals surface area contributed by atoms with Crippen molar-refractivity contribution < 1.29 is 4.79 Å². The number of carbonyl (C=O) groups excluding carboxylic acids is 1. The summed E-state index contributed by atoms with van der Waals surface area (Å²) in [5.74, 6) is -0.0609. The largest absolute Gasteiger partial charge is 0.348 e. The van der Waals surface area contributed by atoms with Crippen molar-refractivity contribution in [3.63, 3.8) is 0 Å². The third-order valence-electron chi connectivity index (χ3n) is 3.47. The fraction of sp³-hybridized carbons (Fsp3) is 0.667. The summed E-state index contributed by atoms with van der Waals surface area (Å²) in [4.78, 5) is 11.8. The Labute approximate surface area is 101 Å². The van der Waals surface area contributed by atoms with Crippen LogP contribution in [0.2, 0.25) is 0 Å². The van der Waals surface area contributed by atoms with Crippen molar-refractivity contribution in [1.82, 2.24) is 15.1 Å². The molecule has 1 aliphatic rings. The Hall–Kier alpha value is -1.36. The van der Waals surface area contributed by atoms with Gasteiger partial charge in [0.15, 0.2) is 0 Å². The van der Waals surface area contributed by atoms with Gasteiger partial charge >= 0.3 is 0 Å². The Morgan fingerprint density at radius 3 is 3.24 bits per heavy atom. The van der Waals surface area contributed by atoms with Crippen molar-refractivity contribution >= 4 is 5.91 Å². The summed E-state index contributed by atoms with van der Waals surface area (Å²) < 4.78 is 1.90. The average Bonchev–Trinajstić information content (AvgIpc) is 2.71. The summed E-state index contributed by atoms with van der Waals surface area (Å²) in [6.07, 6.45) is 5.62. The molecule has 0 fully saturated rings. The van der Waals surface area contributed by atoms with Crippen LogP contribution in [0.3, 0.4) is 0 Å². The predicted octanol–water partition coefficient (Wildman–Crippen LogP) is 0.651. The van der Waals surface area contributed by atoms with Gasteiger partial charge in [-0.2, -0.15) is 5.10 Å². The molecule has 2 atom stereocenters. The Kier molecular flexibility index (Phi) is 3.47. The first-order chi connectivity index (χ1) is 8.13. The number of nitrogens with one attached hydrogen (secondary N) is 1. The number of hydrogen-bond acceptors (Lipinski definition) is 3. The highest BCUT2D eigenvalue weighted by molar-refractivity contribution is 5.81. The molecule has 0 bridgehead atoms. The van der Waals surface area contributed by atoms with Gasteiger partial charge in [0, 0.05) is 18.3 Å². The van der Waals surface area contributed by atoms with Gasteiger partial charge < -0.3 is 11.1 Å². The summed E-state index contributed by atoms with van der Waals surface area (Å²) in [5, 5.41) is 7.28. The zero-order chi connectivity index (χ0) is 12.4. The maximum atomic E-state index is 11.8. The molecule has 3 N–H and O–H groups in total. The molecule has 1 aromatic rings. The van der Waals surface area contributed by atoms with Crippen molar-refractivity contribution in [2.24, 2.45) is 12.8 Å². The maximum Gasteiger partial charge on any atom is 0.237 e. The summed E-state index contributed by atoms with van der Waals surface area (Å²) in [6, 6.07) is -0.324. The van der Waals surface area contributed by atoms with E-state index in [2.05, 4.69) is 10.4 Å². The summed E-state index contributed by atoms with van der Waals surface area (Å²) in [5.41, 5.74) is 8.10.